The Labute approximate surface area is 216 Å². The van der Waals surface area contributed by atoms with Crippen LogP contribution in [0.5, 0.6) is 5.75 Å². The first-order valence-electron chi connectivity index (χ1n) is 11.5. The van der Waals surface area contributed by atoms with Gasteiger partial charge in [-0.15, -0.1) is 0 Å². The number of alkyl halides is 3. The molecule has 1 unspecified atom stereocenters. The number of nitrogens with zero attached hydrogens (tertiary/aromatic N) is 2. The molecule has 12 heteroatoms. The lowest BCUT2D eigenvalue weighted by Crippen LogP contribution is -2.36. The second kappa shape index (κ2) is 10.7. The maximum atomic E-state index is 13.9. The number of sulfone groups is 1. The van der Waals surface area contributed by atoms with Crippen LogP contribution in [0, 0.1) is 11.7 Å². The zero-order chi connectivity index (χ0) is 27.7. The third-order valence-corrected chi connectivity index (χ3v) is 7.26. The summed E-state index contributed by atoms with van der Waals surface area (Å²) in [7, 11) is -2.72. The molecular formula is C26H24F4N2O5S. The first-order chi connectivity index (χ1) is 17.9. The van der Waals surface area contributed by atoms with E-state index in [9.17, 15) is 30.8 Å². The quantitative estimate of drug-likeness (QED) is 0.384. The molecular weight excluding hydrogens is 528 g/mol. The summed E-state index contributed by atoms with van der Waals surface area (Å²) in [5.41, 5.74) is -0.653. The van der Waals surface area contributed by atoms with E-state index in [0.29, 0.717) is 42.9 Å². The second-order valence-corrected chi connectivity index (χ2v) is 10.9. The van der Waals surface area contributed by atoms with Crippen LogP contribution in [0.25, 0.3) is 11.1 Å². The fraction of sp³-hybridized carbons (Fsp3) is 0.308. The minimum atomic E-state index is -4.89. The van der Waals surface area contributed by atoms with Gasteiger partial charge in [-0.1, -0.05) is 0 Å². The molecule has 1 atom stereocenters. The monoisotopic (exact) mass is 552 g/mol. The van der Waals surface area contributed by atoms with Crippen molar-refractivity contribution in [3.63, 3.8) is 0 Å². The fourth-order valence-electron chi connectivity index (χ4n) is 4.25. The van der Waals surface area contributed by atoms with Crippen molar-refractivity contribution in [1.29, 1.82) is 0 Å². The highest BCUT2D eigenvalue weighted by atomic mass is 32.2. The van der Waals surface area contributed by atoms with Gasteiger partial charge in [0.05, 0.1) is 36.1 Å². The number of methoxy groups -OCH3 is 1. The first kappa shape index (κ1) is 27.5. The van der Waals surface area contributed by atoms with Crippen LogP contribution >= 0.6 is 0 Å². The van der Waals surface area contributed by atoms with E-state index in [1.165, 1.54) is 42.6 Å². The van der Waals surface area contributed by atoms with E-state index in [2.05, 4.69) is 4.98 Å². The molecule has 0 radical (unpaired) electrons. The van der Waals surface area contributed by atoms with Crippen LogP contribution in [-0.4, -0.2) is 52.4 Å². The van der Waals surface area contributed by atoms with Crippen molar-refractivity contribution in [2.24, 2.45) is 5.92 Å². The molecule has 1 amide bonds. The van der Waals surface area contributed by atoms with Crippen LogP contribution in [0.1, 0.15) is 22.3 Å². The van der Waals surface area contributed by atoms with Crippen LogP contribution in [0.4, 0.5) is 23.2 Å². The van der Waals surface area contributed by atoms with E-state index in [0.717, 1.165) is 12.3 Å². The third-order valence-electron chi connectivity index (χ3n) is 6.16. The molecule has 2 heterocycles. The average Bonchev–Trinajstić information content (AvgIpc) is 3.39. The molecule has 0 saturated carbocycles. The van der Waals surface area contributed by atoms with Gasteiger partial charge in [0.1, 0.15) is 11.6 Å². The molecule has 0 bridgehead atoms. The summed E-state index contributed by atoms with van der Waals surface area (Å²) in [6, 6.07) is 7.47. The Kier molecular flexibility index (Phi) is 7.75. The molecule has 1 aromatic heterocycles. The molecule has 4 rings (SSSR count). The van der Waals surface area contributed by atoms with Crippen LogP contribution in [-0.2, 0) is 20.8 Å². The standard InChI is InChI=1S/C26H24F4N2O5S/c1-36-24-12-19(27)3-4-22(24)21-5-7-31-13-23(21)32(14-16-6-8-37-15-16)25(33)17-9-18(26(28,29)30)11-20(10-17)38(2,34)35/h3-5,7,9-13,16H,6,8,14-15H2,1-2H3. The van der Waals surface area contributed by atoms with Gasteiger partial charge in [-0.3, -0.25) is 9.78 Å². The molecule has 0 N–H and O–H groups in total. The van der Waals surface area contributed by atoms with Gasteiger partial charge in [0.2, 0.25) is 0 Å². The fourth-order valence-corrected chi connectivity index (χ4v) is 4.93. The van der Waals surface area contributed by atoms with Gasteiger partial charge >= 0.3 is 6.18 Å². The van der Waals surface area contributed by atoms with E-state index < -0.39 is 43.8 Å². The summed E-state index contributed by atoms with van der Waals surface area (Å²) in [4.78, 5) is 18.6. The summed E-state index contributed by atoms with van der Waals surface area (Å²) < 4.78 is 90.0. The van der Waals surface area contributed by atoms with Crippen LogP contribution in [0.3, 0.4) is 0 Å². The molecule has 0 aliphatic carbocycles. The third kappa shape index (κ3) is 5.97. The van der Waals surface area contributed by atoms with Crippen molar-refractivity contribution in [3.05, 3.63) is 71.8 Å². The Balaban J connectivity index is 1.89. The van der Waals surface area contributed by atoms with Gasteiger partial charge in [0.25, 0.3) is 5.91 Å². The SMILES string of the molecule is COc1cc(F)ccc1-c1ccncc1N(CC1CCOC1)C(=O)c1cc(C(F)(F)F)cc(S(C)(=O)=O)c1. The Morgan fingerprint density at radius 1 is 1.16 bits per heavy atom. The lowest BCUT2D eigenvalue weighted by molar-refractivity contribution is -0.137. The number of benzene rings is 2. The second-order valence-electron chi connectivity index (χ2n) is 8.90. The summed E-state index contributed by atoms with van der Waals surface area (Å²) in [5.74, 6) is -1.37. The van der Waals surface area contributed by atoms with E-state index >= 15 is 0 Å². The largest absolute Gasteiger partial charge is 0.496 e. The number of carbonyl (C=O) groups is 1. The van der Waals surface area contributed by atoms with Crippen molar-refractivity contribution >= 4 is 21.4 Å². The predicted octanol–water partition coefficient (Wildman–Crippen LogP) is 5.00. The molecule has 3 aromatic rings. The summed E-state index contributed by atoms with van der Waals surface area (Å²) in [6.45, 7) is 0.849. The number of hydrogen-bond acceptors (Lipinski definition) is 6. The van der Waals surface area contributed by atoms with Gasteiger partial charge in [0.15, 0.2) is 9.84 Å². The highest BCUT2D eigenvalue weighted by Crippen LogP contribution is 2.38. The van der Waals surface area contributed by atoms with Gasteiger partial charge in [-0.25, -0.2) is 12.8 Å². The Morgan fingerprint density at radius 3 is 2.55 bits per heavy atom. The van der Waals surface area contributed by atoms with Gasteiger partial charge in [-0.05, 0) is 42.8 Å². The number of ether oxygens (including phenoxy) is 2. The number of aromatic nitrogens is 1. The molecule has 38 heavy (non-hydrogen) atoms. The van der Waals surface area contributed by atoms with Crippen LogP contribution < -0.4 is 9.64 Å². The highest BCUT2D eigenvalue weighted by Gasteiger charge is 2.34. The van der Waals surface area contributed by atoms with Crippen molar-refractivity contribution in [2.75, 3.05) is 38.0 Å². The number of pyridine rings is 1. The molecule has 0 spiro atoms. The summed E-state index contributed by atoms with van der Waals surface area (Å²) in [5, 5.41) is 0. The number of halogens is 4. The number of hydrogen-bond donors (Lipinski definition) is 0. The van der Waals surface area contributed by atoms with Gasteiger partial charge in [-0.2, -0.15) is 13.2 Å². The first-order valence-corrected chi connectivity index (χ1v) is 13.4. The molecule has 1 saturated heterocycles. The van der Waals surface area contributed by atoms with Crippen molar-refractivity contribution in [3.8, 4) is 16.9 Å². The summed E-state index contributed by atoms with van der Waals surface area (Å²) in [6.07, 6.45) is -0.687. The smallest absolute Gasteiger partial charge is 0.416 e. The van der Waals surface area contributed by atoms with Crippen LogP contribution in [0.15, 0.2) is 59.8 Å². The molecule has 1 aliphatic rings. The number of amides is 1. The Hall–Kier alpha value is -3.51. The number of carbonyl (C=O) groups excluding carboxylic acids is 1. The van der Waals surface area contributed by atoms with E-state index in [-0.39, 0.29) is 23.9 Å². The molecule has 202 valence electrons. The zero-order valence-corrected chi connectivity index (χ0v) is 21.3. The predicted molar refractivity (Wildman–Crippen MR) is 131 cm³/mol. The highest BCUT2D eigenvalue weighted by molar-refractivity contribution is 7.90. The molecule has 2 aromatic carbocycles. The van der Waals surface area contributed by atoms with Crippen molar-refractivity contribution in [2.45, 2.75) is 17.5 Å². The van der Waals surface area contributed by atoms with Crippen LogP contribution in [0.2, 0.25) is 0 Å². The van der Waals surface area contributed by atoms with Crippen molar-refractivity contribution in [1.82, 2.24) is 4.98 Å². The lowest BCUT2D eigenvalue weighted by atomic mass is 10.0. The molecule has 1 fully saturated rings. The Morgan fingerprint density at radius 2 is 1.92 bits per heavy atom. The topological polar surface area (TPSA) is 85.8 Å². The maximum Gasteiger partial charge on any atom is 0.416 e. The van der Waals surface area contributed by atoms with E-state index in [4.69, 9.17) is 9.47 Å². The average molecular weight is 553 g/mol. The lowest BCUT2D eigenvalue weighted by Gasteiger charge is -2.28. The molecule has 7 nitrogen and oxygen atoms in total. The normalized spacial score (nSPS) is 15.9. The minimum Gasteiger partial charge on any atom is -0.496 e. The van der Waals surface area contributed by atoms with Gasteiger partial charge < -0.3 is 14.4 Å². The number of anilines is 1. The Bertz CT molecular complexity index is 1450. The van der Waals surface area contributed by atoms with E-state index in [1.54, 1.807) is 6.07 Å². The maximum absolute atomic E-state index is 13.9. The van der Waals surface area contributed by atoms with Crippen molar-refractivity contribution < 1.29 is 40.2 Å². The van der Waals surface area contributed by atoms with E-state index in [1.807, 2.05) is 0 Å². The minimum absolute atomic E-state index is 0.0610. The number of rotatable bonds is 7. The van der Waals surface area contributed by atoms with Gasteiger partial charge in [0, 0.05) is 54.3 Å². The summed E-state index contributed by atoms with van der Waals surface area (Å²) >= 11 is 0. The zero-order valence-electron chi connectivity index (χ0n) is 20.5. The molecule has 1 aliphatic heterocycles.